The number of Topliss-reactive ketones (excluding diaryl/α,β-unsaturated/α-hetero) is 1. The van der Waals surface area contributed by atoms with E-state index in [0.717, 1.165) is 5.56 Å². The van der Waals surface area contributed by atoms with E-state index in [1.807, 2.05) is 6.07 Å². The summed E-state index contributed by atoms with van der Waals surface area (Å²) in [7, 11) is 0. The van der Waals surface area contributed by atoms with E-state index >= 15 is 0 Å². The first kappa shape index (κ1) is 12.9. The molecule has 4 heteroatoms. The second kappa shape index (κ2) is 5.80. The summed E-state index contributed by atoms with van der Waals surface area (Å²) >= 11 is 3.27. The van der Waals surface area contributed by atoms with Crippen LogP contribution in [0.4, 0.5) is 0 Å². The van der Waals surface area contributed by atoms with Gasteiger partial charge in [-0.05, 0) is 19.4 Å². The fourth-order valence-electron chi connectivity index (χ4n) is 1.24. The Hall–Kier alpha value is -1.16. The average Bonchev–Trinajstić information content (AvgIpc) is 2.27. The summed E-state index contributed by atoms with van der Waals surface area (Å²) in [5.41, 5.74) is 1.18. The lowest BCUT2D eigenvalue weighted by Crippen LogP contribution is -2.22. The van der Waals surface area contributed by atoms with Crippen molar-refractivity contribution in [1.82, 2.24) is 0 Å². The summed E-state index contributed by atoms with van der Waals surface area (Å²) in [5.74, 6) is -1.40. The van der Waals surface area contributed by atoms with Crippen LogP contribution in [0.5, 0.6) is 0 Å². The maximum atomic E-state index is 11.8. The molecule has 0 amide bonds. The minimum Gasteiger partial charge on any atom is -0.457 e. The van der Waals surface area contributed by atoms with Gasteiger partial charge in [0.2, 0.25) is 0 Å². The molecule has 0 spiro atoms. The predicted molar refractivity (Wildman–Crippen MR) is 64.6 cm³/mol. The maximum Gasteiger partial charge on any atom is 0.379 e. The van der Waals surface area contributed by atoms with Gasteiger partial charge in [-0.15, -0.1) is 0 Å². The van der Waals surface area contributed by atoms with E-state index in [4.69, 9.17) is 4.74 Å². The van der Waals surface area contributed by atoms with Crippen molar-refractivity contribution in [2.45, 2.75) is 25.3 Å². The lowest BCUT2D eigenvalue weighted by molar-refractivity contribution is -0.141. The van der Waals surface area contributed by atoms with Crippen LogP contribution in [0.15, 0.2) is 24.3 Å². The Bertz CT molecular complexity index is 399. The molecule has 0 unspecified atom stereocenters. The molecule has 1 rings (SSSR count). The number of esters is 1. The lowest BCUT2D eigenvalue weighted by atomic mass is 10.1. The highest BCUT2D eigenvalue weighted by molar-refractivity contribution is 9.08. The Morgan fingerprint density at radius 1 is 1.31 bits per heavy atom. The molecule has 0 aliphatic rings. The minimum atomic E-state index is -0.802. The van der Waals surface area contributed by atoms with Gasteiger partial charge in [-0.3, -0.25) is 4.79 Å². The topological polar surface area (TPSA) is 43.4 Å². The number of ether oxygens (including phenoxy) is 1. The normalized spacial score (nSPS) is 10.2. The monoisotopic (exact) mass is 284 g/mol. The van der Waals surface area contributed by atoms with Crippen LogP contribution in [0.2, 0.25) is 0 Å². The van der Waals surface area contributed by atoms with Crippen molar-refractivity contribution in [2.75, 3.05) is 0 Å². The first-order valence-corrected chi connectivity index (χ1v) is 6.07. The molecule has 0 radical (unpaired) electrons. The van der Waals surface area contributed by atoms with E-state index in [-0.39, 0.29) is 6.10 Å². The highest BCUT2D eigenvalue weighted by Crippen LogP contribution is 2.14. The predicted octanol–water partition coefficient (Wildman–Crippen LogP) is 2.72. The summed E-state index contributed by atoms with van der Waals surface area (Å²) in [5, 5.41) is 0.532. The molecular formula is C12H13BrO3. The molecule has 0 aliphatic heterocycles. The molecule has 0 saturated heterocycles. The summed E-state index contributed by atoms with van der Waals surface area (Å²) < 4.78 is 4.86. The molecule has 1 aromatic rings. The summed E-state index contributed by atoms with van der Waals surface area (Å²) in [6.45, 7) is 3.42. The van der Waals surface area contributed by atoms with E-state index in [2.05, 4.69) is 15.9 Å². The zero-order valence-electron chi connectivity index (χ0n) is 9.20. The first-order valence-electron chi connectivity index (χ1n) is 4.95. The number of halogens is 1. The van der Waals surface area contributed by atoms with Crippen LogP contribution < -0.4 is 0 Å². The number of carbonyl (C=O) groups excluding carboxylic acids is 2. The van der Waals surface area contributed by atoms with Gasteiger partial charge in [0, 0.05) is 10.9 Å². The van der Waals surface area contributed by atoms with E-state index < -0.39 is 11.8 Å². The molecule has 16 heavy (non-hydrogen) atoms. The van der Waals surface area contributed by atoms with Gasteiger partial charge in [0.25, 0.3) is 5.78 Å². The van der Waals surface area contributed by atoms with Crippen LogP contribution in [-0.4, -0.2) is 17.9 Å². The standard InChI is InChI=1S/C12H13BrO3/c1-8(2)16-12(15)11(14)10-6-4-3-5-9(10)7-13/h3-6,8H,7H2,1-2H3. The van der Waals surface area contributed by atoms with Gasteiger partial charge < -0.3 is 4.74 Å². The van der Waals surface area contributed by atoms with E-state index in [1.165, 1.54) is 0 Å². The molecule has 0 aromatic heterocycles. The Morgan fingerprint density at radius 3 is 2.50 bits per heavy atom. The number of ketones is 1. The molecule has 0 N–H and O–H groups in total. The van der Waals surface area contributed by atoms with E-state index in [9.17, 15) is 9.59 Å². The third kappa shape index (κ3) is 3.17. The van der Waals surface area contributed by atoms with Crippen LogP contribution in [0.25, 0.3) is 0 Å². The number of rotatable bonds is 4. The average molecular weight is 285 g/mol. The Balaban J connectivity index is 2.92. The van der Waals surface area contributed by atoms with Crippen molar-refractivity contribution < 1.29 is 14.3 Å². The Labute approximate surface area is 103 Å². The van der Waals surface area contributed by atoms with Gasteiger partial charge in [0.15, 0.2) is 0 Å². The molecule has 0 atom stereocenters. The second-order valence-electron chi connectivity index (χ2n) is 3.57. The van der Waals surface area contributed by atoms with Crippen LogP contribution in [-0.2, 0) is 14.9 Å². The highest BCUT2D eigenvalue weighted by atomic mass is 79.9. The quantitative estimate of drug-likeness (QED) is 0.370. The van der Waals surface area contributed by atoms with Gasteiger partial charge in [0.05, 0.1) is 6.10 Å². The number of carbonyl (C=O) groups is 2. The van der Waals surface area contributed by atoms with Crippen LogP contribution in [0.1, 0.15) is 29.8 Å². The van der Waals surface area contributed by atoms with Crippen molar-refractivity contribution in [3.63, 3.8) is 0 Å². The van der Waals surface area contributed by atoms with Crippen molar-refractivity contribution in [3.8, 4) is 0 Å². The van der Waals surface area contributed by atoms with E-state index in [1.54, 1.807) is 32.0 Å². The summed E-state index contributed by atoms with van der Waals surface area (Å²) in [6.07, 6.45) is -0.285. The van der Waals surface area contributed by atoms with Gasteiger partial charge >= 0.3 is 5.97 Å². The summed E-state index contributed by atoms with van der Waals surface area (Å²) in [4.78, 5) is 23.2. The Morgan fingerprint density at radius 2 is 1.94 bits per heavy atom. The zero-order valence-corrected chi connectivity index (χ0v) is 10.8. The van der Waals surface area contributed by atoms with Crippen LogP contribution in [0.3, 0.4) is 0 Å². The van der Waals surface area contributed by atoms with Gasteiger partial charge in [0.1, 0.15) is 0 Å². The van der Waals surface area contributed by atoms with Crippen molar-refractivity contribution in [3.05, 3.63) is 35.4 Å². The smallest absolute Gasteiger partial charge is 0.379 e. The van der Waals surface area contributed by atoms with Crippen LogP contribution in [0, 0.1) is 0 Å². The molecule has 0 aliphatic carbocycles. The largest absolute Gasteiger partial charge is 0.457 e. The van der Waals surface area contributed by atoms with Crippen LogP contribution >= 0.6 is 15.9 Å². The van der Waals surface area contributed by atoms with Gasteiger partial charge in [-0.1, -0.05) is 40.2 Å². The van der Waals surface area contributed by atoms with Gasteiger partial charge in [-0.25, -0.2) is 4.79 Å². The maximum absolute atomic E-state index is 11.8. The fourth-order valence-corrected chi connectivity index (χ4v) is 1.72. The molecule has 86 valence electrons. The number of alkyl halides is 1. The van der Waals surface area contributed by atoms with Crippen molar-refractivity contribution >= 4 is 27.7 Å². The third-order valence-electron chi connectivity index (χ3n) is 1.93. The second-order valence-corrected chi connectivity index (χ2v) is 4.13. The molecule has 0 bridgehead atoms. The number of hydrogen-bond donors (Lipinski definition) is 0. The van der Waals surface area contributed by atoms with E-state index in [0.29, 0.717) is 10.9 Å². The molecule has 3 nitrogen and oxygen atoms in total. The summed E-state index contributed by atoms with van der Waals surface area (Å²) in [6, 6.07) is 6.97. The minimum absolute atomic E-state index is 0.285. The first-order chi connectivity index (χ1) is 7.56. The molecular weight excluding hydrogens is 272 g/mol. The zero-order chi connectivity index (χ0) is 12.1. The van der Waals surface area contributed by atoms with Crippen molar-refractivity contribution in [1.29, 1.82) is 0 Å². The van der Waals surface area contributed by atoms with Gasteiger partial charge in [-0.2, -0.15) is 0 Å². The molecule has 0 heterocycles. The SMILES string of the molecule is CC(C)OC(=O)C(=O)c1ccccc1CBr. The fraction of sp³-hybridized carbons (Fsp3) is 0.333. The lowest BCUT2D eigenvalue weighted by Gasteiger charge is -2.08. The third-order valence-corrected chi connectivity index (χ3v) is 2.54. The molecule has 0 fully saturated rings. The van der Waals surface area contributed by atoms with Crippen molar-refractivity contribution in [2.24, 2.45) is 0 Å². The molecule has 0 saturated carbocycles. The Kier molecular flexibility index (Phi) is 4.68. The number of benzene rings is 1. The number of hydrogen-bond acceptors (Lipinski definition) is 3. The highest BCUT2D eigenvalue weighted by Gasteiger charge is 2.21. The molecule has 1 aromatic carbocycles.